The van der Waals surface area contributed by atoms with Gasteiger partial charge in [-0.05, 0) is 74.5 Å². The zero-order valence-corrected chi connectivity index (χ0v) is 38.6. The Kier molecular flexibility index (Phi) is 20.1. The van der Waals surface area contributed by atoms with Crippen LogP contribution in [0.5, 0.6) is 0 Å². The summed E-state index contributed by atoms with van der Waals surface area (Å²) < 4.78 is 12.1. The monoisotopic (exact) mass is 851 g/mol. The number of nitrogens with one attached hydrogen (secondary N) is 3. The molecule has 1 saturated heterocycles. The van der Waals surface area contributed by atoms with Crippen LogP contribution in [0.4, 0.5) is 5.69 Å². The van der Waals surface area contributed by atoms with E-state index in [1.54, 1.807) is 61.3 Å². The molecule has 0 saturated carbocycles. The summed E-state index contributed by atoms with van der Waals surface area (Å²) in [7, 11) is 8.51. The van der Waals surface area contributed by atoms with Gasteiger partial charge in [0, 0.05) is 58.4 Å². The van der Waals surface area contributed by atoms with Crippen LogP contribution in [0, 0.1) is 23.7 Å². The molecule has 1 aromatic heterocycles. The van der Waals surface area contributed by atoms with E-state index in [9.17, 15) is 24.0 Å². The van der Waals surface area contributed by atoms with Crippen LogP contribution in [0.15, 0.2) is 48.7 Å². The molecule has 0 radical (unpaired) electrons. The fourth-order valence-corrected chi connectivity index (χ4v) is 8.60. The van der Waals surface area contributed by atoms with Gasteiger partial charge in [-0.2, -0.15) is 0 Å². The third-order valence-electron chi connectivity index (χ3n) is 12.2. The second-order valence-corrected chi connectivity index (χ2v) is 17.5. The number of nitrogen functional groups attached to an aromatic ring is 1. The number of pyridine rings is 1. The zero-order valence-electron chi connectivity index (χ0n) is 38.6. The third kappa shape index (κ3) is 14.0. The fourth-order valence-electron chi connectivity index (χ4n) is 8.60. The summed E-state index contributed by atoms with van der Waals surface area (Å²) >= 11 is 0. The van der Waals surface area contributed by atoms with Crippen LogP contribution >= 0.6 is 0 Å². The molecule has 1 aliphatic heterocycles. The predicted molar refractivity (Wildman–Crippen MR) is 238 cm³/mol. The highest BCUT2D eigenvalue weighted by atomic mass is 16.5. The summed E-state index contributed by atoms with van der Waals surface area (Å²) in [6.45, 7) is 14.3. The molecule has 1 fully saturated rings. The number of nitrogens with zero attached hydrogens (tertiary/aromatic N) is 4. The minimum absolute atomic E-state index is 0.00821. The van der Waals surface area contributed by atoms with Crippen LogP contribution in [0.1, 0.15) is 85.4 Å². The van der Waals surface area contributed by atoms with Gasteiger partial charge >= 0.3 is 0 Å². The van der Waals surface area contributed by atoms with Gasteiger partial charge in [-0.15, -0.1) is 0 Å². The summed E-state index contributed by atoms with van der Waals surface area (Å²) in [6.07, 6.45) is 2.52. The first-order chi connectivity index (χ1) is 28.9. The van der Waals surface area contributed by atoms with E-state index >= 15 is 0 Å². The van der Waals surface area contributed by atoms with E-state index in [1.165, 1.54) is 7.11 Å². The van der Waals surface area contributed by atoms with Crippen LogP contribution in [0.2, 0.25) is 0 Å². The molecule has 1 aromatic carbocycles. The summed E-state index contributed by atoms with van der Waals surface area (Å²) in [6, 6.07) is 9.58. The Morgan fingerprint density at radius 3 is 2.10 bits per heavy atom. The highest BCUT2D eigenvalue weighted by molar-refractivity contribution is 5.90. The number of benzene rings is 1. The Hall–Kier alpha value is -4.60. The number of likely N-dealkylation sites (tertiary alicyclic amines) is 1. The standard InChI is InChI=1S/C46H74N8O7/c1-13-30(6)41(53(10)46(59)39(28(2)3)51-45(58)40(29(4)5)52(8)9)37(60-11)26-38(55)54-24-16-18-36(54)42(61-12)31(7)43(56)50-35(25-34-17-14-15-23-48-34)44(57)49-27-32-19-21-33(47)22-20-32/h14-15,17,19-23,28-31,35-37,39-42H,13,16,18,24-27,47H2,1-12H3,(H,49,57)(H,50,56)(H,51,58)/t30-,31+,35?,36-,37+,39-,40-,41-,42+/m0/s1. The summed E-state index contributed by atoms with van der Waals surface area (Å²) in [5.74, 6) is -2.34. The number of rotatable bonds is 23. The zero-order chi connectivity index (χ0) is 45.6. The number of ether oxygens (including phenoxy) is 2. The molecule has 0 aliphatic carbocycles. The summed E-state index contributed by atoms with van der Waals surface area (Å²) in [5, 5.41) is 8.93. The van der Waals surface area contributed by atoms with Crippen molar-refractivity contribution in [3.05, 3.63) is 59.9 Å². The molecule has 0 bridgehead atoms. The van der Waals surface area contributed by atoms with Gasteiger partial charge in [0.25, 0.3) is 0 Å². The van der Waals surface area contributed by atoms with Crippen LogP contribution in [0.3, 0.4) is 0 Å². The van der Waals surface area contributed by atoms with E-state index in [1.807, 2.05) is 78.7 Å². The first-order valence-corrected chi connectivity index (χ1v) is 21.8. The Labute approximate surface area is 364 Å². The van der Waals surface area contributed by atoms with Crippen molar-refractivity contribution >= 4 is 35.2 Å². The number of methoxy groups -OCH3 is 2. The molecule has 15 nitrogen and oxygen atoms in total. The Bertz CT molecular complexity index is 1700. The maximum Gasteiger partial charge on any atom is 0.245 e. The summed E-state index contributed by atoms with van der Waals surface area (Å²) in [4.78, 5) is 79.5. The molecule has 2 heterocycles. The van der Waals surface area contributed by atoms with Crippen molar-refractivity contribution in [2.75, 3.05) is 47.6 Å². The van der Waals surface area contributed by atoms with Crippen molar-refractivity contribution in [2.24, 2.45) is 23.7 Å². The van der Waals surface area contributed by atoms with E-state index in [0.717, 1.165) is 12.0 Å². The SMILES string of the molecule is CC[C@H](C)[C@@H]([C@@H](CC(=O)N1CCC[C@H]1[C@H](OC)[C@@H](C)C(=O)NC(Cc1ccccn1)C(=O)NCc1ccc(N)cc1)OC)N(C)C(=O)[C@@H](NC(=O)[C@H](C(C)C)N(C)C)C(C)C. The molecule has 1 unspecified atom stereocenters. The van der Waals surface area contributed by atoms with Crippen LogP contribution in [-0.4, -0.2) is 134 Å². The number of amides is 5. The number of nitrogens with two attached hydrogens (primary N) is 1. The van der Waals surface area contributed by atoms with Gasteiger partial charge in [0.1, 0.15) is 12.1 Å². The number of hydrogen-bond donors (Lipinski definition) is 4. The number of likely N-dealkylation sites (N-methyl/N-ethyl adjacent to an activating group) is 2. The highest BCUT2D eigenvalue weighted by Crippen LogP contribution is 2.30. The van der Waals surface area contributed by atoms with Crippen molar-refractivity contribution in [3.8, 4) is 0 Å². The molecule has 15 heteroatoms. The van der Waals surface area contributed by atoms with E-state index in [4.69, 9.17) is 15.2 Å². The number of aromatic nitrogens is 1. The van der Waals surface area contributed by atoms with Gasteiger partial charge in [-0.1, -0.05) is 73.1 Å². The van der Waals surface area contributed by atoms with Crippen LogP contribution in [-0.2, 0) is 46.4 Å². The minimum Gasteiger partial charge on any atom is -0.399 e. The lowest BCUT2D eigenvalue weighted by Gasteiger charge is -2.41. The lowest BCUT2D eigenvalue weighted by atomic mass is 9.89. The molecule has 1 aliphatic rings. The predicted octanol–water partition coefficient (Wildman–Crippen LogP) is 3.65. The van der Waals surface area contributed by atoms with Crippen LogP contribution < -0.4 is 21.7 Å². The number of carbonyl (C=O) groups is 5. The number of carbonyl (C=O) groups excluding carboxylic acids is 5. The largest absolute Gasteiger partial charge is 0.399 e. The average molecular weight is 851 g/mol. The van der Waals surface area contributed by atoms with Gasteiger partial charge in [0.15, 0.2) is 0 Å². The van der Waals surface area contributed by atoms with E-state index in [0.29, 0.717) is 30.8 Å². The quantitative estimate of drug-likeness (QED) is 0.120. The topological polar surface area (TPSA) is 189 Å². The van der Waals surface area contributed by atoms with Gasteiger partial charge in [0.2, 0.25) is 29.5 Å². The lowest BCUT2D eigenvalue weighted by molar-refractivity contribution is -0.148. The molecule has 5 amide bonds. The first-order valence-electron chi connectivity index (χ1n) is 21.8. The van der Waals surface area contributed by atoms with Gasteiger partial charge in [0.05, 0.1) is 42.7 Å². The fraction of sp³-hybridized carbons (Fsp3) is 0.652. The van der Waals surface area contributed by atoms with E-state index in [2.05, 4.69) is 20.9 Å². The molecular weight excluding hydrogens is 777 g/mol. The van der Waals surface area contributed by atoms with Crippen molar-refractivity contribution in [1.29, 1.82) is 0 Å². The smallest absolute Gasteiger partial charge is 0.245 e. The summed E-state index contributed by atoms with van der Waals surface area (Å²) in [5.41, 5.74) is 7.95. The molecule has 61 heavy (non-hydrogen) atoms. The molecule has 0 spiro atoms. The third-order valence-corrected chi connectivity index (χ3v) is 12.2. The lowest BCUT2D eigenvalue weighted by Crippen LogP contribution is -2.59. The Balaban J connectivity index is 1.79. The molecule has 3 rings (SSSR count). The second-order valence-electron chi connectivity index (χ2n) is 17.5. The van der Waals surface area contributed by atoms with Crippen LogP contribution in [0.25, 0.3) is 0 Å². The van der Waals surface area contributed by atoms with Crippen molar-refractivity contribution in [3.63, 3.8) is 0 Å². The molecular formula is C46H74N8O7. The average Bonchev–Trinajstić information content (AvgIpc) is 3.71. The maximum atomic E-state index is 14.4. The molecule has 2 aromatic rings. The number of hydrogen-bond acceptors (Lipinski definition) is 10. The Morgan fingerprint density at radius 2 is 1.56 bits per heavy atom. The van der Waals surface area contributed by atoms with E-state index in [-0.39, 0.29) is 60.8 Å². The highest BCUT2D eigenvalue weighted by Gasteiger charge is 2.43. The minimum atomic E-state index is -0.926. The second kappa shape index (κ2) is 24.1. The Morgan fingerprint density at radius 1 is 0.885 bits per heavy atom. The first kappa shape index (κ1) is 50.8. The number of anilines is 1. The van der Waals surface area contributed by atoms with Crippen molar-refractivity contribution in [2.45, 2.75) is 130 Å². The molecule has 9 atom stereocenters. The van der Waals surface area contributed by atoms with Crippen molar-refractivity contribution < 1.29 is 33.4 Å². The molecule has 340 valence electrons. The van der Waals surface area contributed by atoms with Gasteiger partial charge in [-0.3, -0.25) is 33.9 Å². The molecule has 5 N–H and O–H groups in total. The van der Waals surface area contributed by atoms with E-state index < -0.39 is 54.2 Å². The maximum absolute atomic E-state index is 14.4. The normalized spacial score (nSPS) is 18.1. The van der Waals surface area contributed by atoms with Gasteiger partial charge in [-0.25, -0.2) is 0 Å². The van der Waals surface area contributed by atoms with Gasteiger partial charge < -0.3 is 41.0 Å². The van der Waals surface area contributed by atoms with Crippen molar-refractivity contribution in [1.82, 2.24) is 35.6 Å².